The van der Waals surface area contributed by atoms with Crippen molar-refractivity contribution in [2.45, 2.75) is 46.5 Å². The zero-order chi connectivity index (χ0) is 78.0. The fourth-order valence-electron chi connectivity index (χ4n) is 14.7. The molecule has 0 amide bonds. The Morgan fingerprint density at radius 1 is 0.434 bits per heavy atom. The van der Waals surface area contributed by atoms with E-state index in [9.17, 15) is 25.3 Å². The van der Waals surface area contributed by atoms with E-state index in [1.807, 2.05) is 95.3 Å². The first-order chi connectivity index (χ1) is 54.7. The average molecular weight is 1560 g/mol. The predicted molar refractivity (Wildman–Crippen MR) is 446 cm³/mol. The summed E-state index contributed by atoms with van der Waals surface area (Å²) in [6, 6.07) is 57.5. The Hall–Kier alpha value is -12.1. The van der Waals surface area contributed by atoms with Crippen LogP contribution in [0.25, 0.3) is 99.2 Å². The Labute approximate surface area is 654 Å². The van der Waals surface area contributed by atoms with Crippen molar-refractivity contribution in [2.24, 2.45) is 34.1 Å². The van der Waals surface area contributed by atoms with E-state index in [4.69, 9.17) is 4.74 Å². The highest BCUT2D eigenvalue weighted by Gasteiger charge is 2.29. The standard InChI is InChI=1S/C29H29N5O3S.C28H25N7O2S.C28H28N6O2S/c1-34-13-8-21-6-7-22(16-27(21)34)24-17-23(18-26-29(24)31-12-11-30-26)33-25-4-2-3-5-28(25)38(35,36)32-19-20-9-14-37-15-10-20;1-34-12-9-20-7-8-21(13-26(20)34)23-14-22(15-25-28(23)30-11-10-29-25)33-24-5-3-4-6-27(24)38(36,37)32-17-19-16-31-35(2)18-19;1-33-13-10-21(18-33)32-37(35,36)27-6-4-3-5-24(27)31-22-16-23(28-25(17-22)29-11-12-30-28)20-8-7-19-9-14-34(2)26(19)15-20/h2-8,11-13,16-18,20,32-33H,9-10,14-15,19H2,1H3;3-16,18,32-33H,17H2,1-2H3;3-9,11-12,14-17,21,31-32H,10,13,18H2,1-2H3. The second-order valence-corrected chi connectivity index (χ2v) is 33.6. The summed E-state index contributed by atoms with van der Waals surface area (Å²) in [5.41, 5.74) is 18.0. The average Bonchev–Trinajstić information content (AvgIpc) is 1.75. The zero-order valence-corrected chi connectivity index (χ0v) is 65.1. The molecule has 0 saturated carbocycles. The van der Waals surface area contributed by atoms with E-state index in [0.717, 1.165) is 136 Å². The van der Waals surface area contributed by atoms with E-state index < -0.39 is 30.1 Å². The molecule has 2 saturated heterocycles. The monoisotopic (exact) mass is 1560 g/mol. The number of hydrogen-bond acceptors (Lipinski definition) is 18. The molecule has 572 valence electrons. The number of benzene rings is 9. The Morgan fingerprint density at radius 3 is 1.23 bits per heavy atom. The van der Waals surface area contributed by atoms with Crippen molar-refractivity contribution in [1.29, 1.82) is 0 Å². The molecular weight excluding hydrogens is 1480 g/mol. The number of para-hydroxylation sites is 3. The lowest BCUT2D eigenvalue weighted by Crippen LogP contribution is -2.36. The lowest BCUT2D eigenvalue weighted by Gasteiger charge is -2.22. The molecule has 0 aliphatic carbocycles. The van der Waals surface area contributed by atoms with Crippen LogP contribution in [0.15, 0.2) is 265 Å². The molecule has 6 N–H and O–H groups in total. The third-order valence-corrected chi connectivity index (χ3v) is 25.0. The van der Waals surface area contributed by atoms with Gasteiger partial charge in [-0.1, -0.05) is 72.8 Å². The van der Waals surface area contributed by atoms with Crippen LogP contribution in [0.2, 0.25) is 0 Å². The maximum absolute atomic E-state index is 13.3. The van der Waals surface area contributed by atoms with Crippen LogP contribution >= 0.6 is 0 Å². The highest BCUT2D eigenvalue weighted by molar-refractivity contribution is 7.90. The molecule has 1 unspecified atom stereocenters. The van der Waals surface area contributed by atoms with Gasteiger partial charge in [0.1, 0.15) is 14.7 Å². The Balaban J connectivity index is 0.000000128. The number of rotatable bonds is 20. The van der Waals surface area contributed by atoms with E-state index >= 15 is 0 Å². The largest absolute Gasteiger partial charge is 0.381 e. The molecule has 0 spiro atoms. The van der Waals surface area contributed by atoms with Gasteiger partial charge in [0.25, 0.3) is 0 Å². The highest BCUT2D eigenvalue weighted by atomic mass is 32.2. The van der Waals surface area contributed by atoms with Crippen LogP contribution in [0.5, 0.6) is 0 Å². The Kier molecular flexibility index (Phi) is 21.2. The lowest BCUT2D eigenvalue weighted by molar-refractivity contribution is 0.0678. The van der Waals surface area contributed by atoms with Crippen molar-refractivity contribution in [3.63, 3.8) is 0 Å². The molecule has 9 heterocycles. The summed E-state index contributed by atoms with van der Waals surface area (Å²) in [5, 5.41) is 17.6. The van der Waals surface area contributed by atoms with Crippen LogP contribution in [0.1, 0.15) is 24.8 Å². The first kappa shape index (κ1) is 74.9. The van der Waals surface area contributed by atoms with Gasteiger partial charge in [0.2, 0.25) is 30.1 Å². The summed E-state index contributed by atoms with van der Waals surface area (Å²) in [5.74, 6) is 0.279. The first-order valence-corrected chi connectivity index (χ1v) is 41.4. The molecule has 0 bridgehead atoms. The van der Waals surface area contributed by atoms with Crippen molar-refractivity contribution in [3.05, 3.63) is 256 Å². The van der Waals surface area contributed by atoms with Gasteiger partial charge in [-0.25, -0.2) is 39.4 Å². The van der Waals surface area contributed by atoms with Crippen LogP contribution in [0.4, 0.5) is 34.1 Å². The quantitative estimate of drug-likeness (QED) is 0.0413. The Morgan fingerprint density at radius 2 is 0.832 bits per heavy atom. The van der Waals surface area contributed by atoms with Gasteiger partial charge in [-0.2, -0.15) is 5.10 Å². The number of nitrogens with zero attached hydrogens (tertiary/aromatic N) is 12. The van der Waals surface area contributed by atoms with E-state index in [-0.39, 0.29) is 33.2 Å². The fraction of sp³-hybridized carbons (Fsp3) is 0.188. The molecule has 2 aliphatic rings. The number of ether oxygens (including phenoxy) is 1. The third-order valence-electron chi connectivity index (χ3n) is 20.5. The molecule has 9 aromatic carbocycles. The second kappa shape index (κ2) is 31.9. The molecule has 2 fully saturated rings. The smallest absolute Gasteiger partial charge is 0.242 e. The summed E-state index contributed by atoms with van der Waals surface area (Å²) in [7, 11) is -1.39. The second-order valence-electron chi connectivity index (χ2n) is 28.4. The summed E-state index contributed by atoms with van der Waals surface area (Å²) < 4.78 is 101. The molecule has 28 heteroatoms. The molecular formula is C85H82N18O7S3. The number of fused-ring (bicyclic) bond motifs is 6. The number of aryl methyl sites for hydroxylation is 4. The van der Waals surface area contributed by atoms with Gasteiger partial charge in [-0.15, -0.1) is 0 Å². The van der Waals surface area contributed by atoms with E-state index in [0.29, 0.717) is 54.6 Å². The number of nitrogens with one attached hydrogen (secondary N) is 6. The van der Waals surface area contributed by atoms with Gasteiger partial charge in [0, 0.05) is 185 Å². The summed E-state index contributed by atoms with van der Waals surface area (Å²) in [6.45, 7) is 3.47. The van der Waals surface area contributed by atoms with Gasteiger partial charge in [0.15, 0.2) is 0 Å². The van der Waals surface area contributed by atoms with E-state index in [2.05, 4.69) is 157 Å². The van der Waals surface area contributed by atoms with Crippen molar-refractivity contribution in [3.8, 4) is 33.4 Å². The molecule has 1 atom stereocenters. The summed E-state index contributed by atoms with van der Waals surface area (Å²) in [6.07, 6.45) is 22.1. The maximum atomic E-state index is 13.3. The van der Waals surface area contributed by atoms with Gasteiger partial charge in [-0.3, -0.25) is 34.6 Å². The van der Waals surface area contributed by atoms with Gasteiger partial charge >= 0.3 is 0 Å². The first-order valence-electron chi connectivity index (χ1n) is 37.0. The van der Waals surface area contributed by atoms with Gasteiger partial charge in [0.05, 0.1) is 56.4 Å². The zero-order valence-electron chi connectivity index (χ0n) is 62.6. The van der Waals surface area contributed by atoms with Gasteiger partial charge < -0.3 is 39.3 Å². The number of aromatic nitrogens is 11. The lowest BCUT2D eigenvalue weighted by atomic mass is 10.0. The minimum Gasteiger partial charge on any atom is -0.381 e. The minimum atomic E-state index is -3.81. The minimum absolute atomic E-state index is 0.0990. The Bertz CT molecular complexity index is 6620. The molecule has 2 aliphatic heterocycles. The van der Waals surface area contributed by atoms with E-state index in [1.165, 1.54) is 0 Å². The van der Waals surface area contributed by atoms with E-state index in [1.54, 1.807) is 122 Å². The number of hydrogen-bond donors (Lipinski definition) is 6. The predicted octanol–water partition coefficient (Wildman–Crippen LogP) is 14.5. The van der Waals surface area contributed by atoms with Crippen molar-refractivity contribution in [2.75, 3.05) is 55.8 Å². The highest BCUT2D eigenvalue weighted by Crippen LogP contribution is 2.39. The summed E-state index contributed by atoms with van der Waals surface area (Å²) in [4.78, 5) is 30.1. The van der Waals surface area contributed by atoms with Crippen molar-refractivity contribution in [1.82, 2.24) is 72.5 Å². The van der Waals surface area contributed by atoms with Crippen molar-refractivity contribution >= 4 is 130 Å². The molecule has 7 aromatic heterocycles. The number of anilines is 6. The third kappa shape index (κ3) is 16.5. The van der Waals surface area contributed by atoms with Crippen LogP contribution in [-0.4, -0.2) is 129 Å². The topological polar surface area (TPSA) is 297 Å². The number of likely N-dealkylation sites (tertiary alicyclic amines) is 1. The summed E-state index contributed by atoms with van der Waals surface area (Å²) >= 11 is 0. The van der Waals surface area contributed by atoms with Crippen LogP contribution < -0.4 is 30.1 Å². The van der Waals surface area contributed by atoms with Crippen LogP contribution in [0, 0.1) is 5.92 Å². The molecule has 18 rings (SSSR count). The fourth-order valence-corrected chi connectivity index (χ4v) is 18.5. The SMILES string of the molecule is CN1CCC(NS(=O)(=O)c2ccccc2Nc2cc(-c3ccc4ccn(C)c4c3)c3nccnc3c2)C1.Cn1cc(CNS(=O)(=O)c2ccccc2Nc2cc(-c3ccc4ccn(C)c4c3)c3nccnc3c2)cn1.Cn1ccc2ccc(-c3cc(Nc4ccccc4S(=O)(=O)NCC4CCOCC4)cc4nccnc34)cc21. The number of likely N-dealkylation sites (N-methyl/N-ethyl adjacent to an activating group) is 1. The molecule has 16 aromatic rings. The maximum Gasteiger partial charge on any atom is 0.242 e. The van der Waals surface area contributed by atoms with Crippen LogP contribution in [0.3, 0.4) is 0 Å². The van der Waals surface area contributed by atoms with Gasteiger partial charge in [-0.05, 0) is 181 Å². The normalized spacial score (nSPS) is 14.4. The number of sulfonamides is 3. The molecule has 0 radical (unpaired) electrons. The molecule has 25 nitrogen and oxygen atoms in total. The van der Waals surface area contributed by atoms with Crippen LogP contribution in [-0.2, 0) is 69.5 Å². The van der Waals surface area contributed by atoms with Crippen molar-refractivity contribution < 1.29 is 30.0 Å². The molecule has 113 heavy (non-hydrogen) atoms.